The van der Waals surface area contributed by atoms with E-state index in [-0.39, 0.29) is 5.56 Å². The van der Waals surface area contributed by atoms with Crippen LogP contribution in [0.3, 0.4) is 0 Å². The molecule has 0 amide bonds. The van der Waals surface area contributed by atoms with Crippen molar-refractivity contribution < 1.29 is 0 Å². The van der Waals surface area contributed by atoms with Crippen LogP contribution in [-0.2, 0) is 5.41 Å². The van der Waals surface area contributed by atoms with Crippen LogP contribution in [0.2, 0.25) is 0 Å². The number of fused-ring (bicyclic) bond motifs is 9. The van der Waals surface area contributed by atoms with E-state index in [4.69, 9.17) is 9.97 Å². The smallest absolute Gasteiger partial charge is 0.268 e. The van der Waals surface area contributed by atoms with Crippen LogP contribution in [0, 0.1) is 17.8 Å². The molecule has 7 aromatic rings. The Labute approximate surface area is 242 Å². The van der Waals surface area contributed by atoms with Crippen molar-refractivity contribution >= 4 is 44.3 Å². The van der Waals surface area contributed by atoms with Crippen LogP contribution in [0.25, 0.3) is 55.4 Å². The molecule has 0 N–H and O–H groups in total. The van der Waals surface area contributed by atoms with Crippen LogP contribution in [0.4, 0.5) is 0 Å². The summed E-state index contributed by atoms with van der Waals surface area (Å²) in [5.41, 5.74) is 8.35. The monoisotopic (exact) mass is 546 g/mol. The van der Waals surface area contributed by atoms with Gasteiger partial charge < -0.3 is 0 Å². The summed E-state index contributed by atoms with van der Waals surface area (Å²) in [6.07, 6.45) is 8.54. The number of rotatable bonds is 2. The van der Waals surface area contributed by atoms with Crippen LogP contribution < -0.4 is 5.56 Å². The second-order valence-corrected chi connectivity index (χ2v) is 13.3. The molecule has 5 nitrogen and oxygen atoms in total. The number of imidazole rings is 1. The summed E-state index contributed by atoms with van der Waals surface area (Å²) < 4.78 is 3.81. The number of benzene rings is 4. The lowest BCUT2D eigenvalue weighted by molar-refractivity contribution is -0.00518. The van der Waals surface area contributed by atoms with Gasteiger partial charge in [0.25, 0.3) is 5.56 Å². The largest absolute Gasteiger partial charge is 0.277 e. The van der Waals surface area contributed by atoms with Crippen molar-refractivity contribution in [2.24, 2.45) is 17.8 Å². The zero-order chi connectivity index (χ0) is 27.6. The topological polar surface area (TPSA) is 51.7 Å². The third-order valence-corrected chi connectivity index (χ3v) is 10.9. The summed E-state index contributed by atoms with van der Waals surface area (Å²) in [6, 6.07) is 31.7. The molecule has 4 aliphatic carbocycles. The van der Waals surface area contributed by atoms with Crippen molar-refractivity contribution in [3.63, 3.8) is 0 Å². The highest BCUT2D eigenvalue weighted by molar-refractivity contribution is 6.01. The fraction of sp³-hybridized carbons (Fsp3) is 0.270. The van der Waals surface area contributed by atoms with E-state index in [2.05, 4.69) is 52.9 Å². The Morgan fingerprint density at radius 2 is 1.29 bits per heavy atom. The van der Waals surface area contributed by atoms with Gasteiger partial charge in [-0.3, -0.25) is 9.20 Å². The van der Waals surface area contributed by atoms with Crippen LogP contribution in [-0.4, -0.2) is 18.8 Å². The lowest BCUT2D eigenvalue weighted by atomic mass is 9.48. The van der Waals surface area contributed by atoms with Gasteiger partial charge in [-0.15, -0.1) is 0 Å². The van der Waals surface area contributed by atoms with Gasteiger partial charge in [0, 0.05) is 5.39 Å². The van der Waals surface area contributed by atoms with E-state index in [1.807, 2.05) is 42.5 Å². The van der Waals surface area contributed by atoms with Gasteiger partial charge in [0.05, 0.1) is 27.5 Å². The molecule has 0 aliphatic heterocycles. The van der Waals surface area contributed by atoms with Crippen LogP contribution in [0.1, 0.15) is 44.1 Å². The summed E-state index contributed by atoms with van der Waals surface area (Å²) in [7, 11) is 0. The van der Waals surface area contributed by atoms with E-state index < -0.39 is 0 Å². The first-order valence-electron chi connectivity index (χ1n) is 15.4. The number of para-hydroxylation sites is 3. The number of hydrogen-bond donors (Lipinski definition) is 0. The van der Waals surface area contributed by atoms with Gasteiger partial charge in [-0.05, 0) is 115 Å². The van der Waals surface area contributed by atoms with Crippen molar-refractivity contribution in [1.82, 2.24) is 18.8 Å². The average molecular weight is 547 g/mol. The van der Waals surface area contributed by atoms with E-state index in [1.165, 1.54) is 44.1 Å². The molecule has 0 unspecified atom stereocenters. The van der Waals surface area contributed by atoms with E-state index in [0.717, 1.165) is 45.3 Å². The molecule has 4 aliphatic rings. The molecule has 0 saturated heterocycles. The Balaban J connectivity index is 1.20. The first-order chi connectivity index (χ1) is 20.6. The molecule has 4 fully saturated rings. The van der Waals surface area contributed by atoms with E-state index in [9.17, 15) is 4.79 Å². The molecule has 5 heteroatoms. The first kappa shape index (κ1) is 23.1. The van der Waals surface area contributed by atoms with Crippen LogP contribution in [0.15, 0.2) is 95.8 Å². The fourth-order valence-electron chi connectivity index (χ4n) is 9.47. The summed E-state index contributed by atoms with van der Waals surface area (Å²) in [5, 5.41) is 1.54. The lowest BCUT2D eigenvalue weighted by Crippen LogP contribution is -2.48. The van der Waals surface area contributed by atoms with Gasteiger partial charge in [-0.1, -0.05) is 54.6 Å². The summed E-state index contributed by atoms with van der Waals surface area (Å²) >= 11 is 0. The van der Waals surface area contributed by atoms with Crippen molar-refractivity contribution in [1.29, 1.82) is 0 Å². The fourth-order valence-corrected chi connectivity index (χ4v) is 9.47. The molecular weight excluding hydrogens is 516 g/mol. The maximum absolute atomic E-state index is 13.9. The first-order valence-corrected chi connectivity index (χ1v) is 15.4. The molecule has 204 valence electrons. The minimum atomic E-state index is -0.0943. The molecule has 0 radical (unpaired) electrons. The Morgan fingerprint density at radius 3 is 2.05 bits per heavy atom. The molecule has 4 aromatic carbocycles. The van der Waals surface area contributed by atoms with Crippen LogP contribution >= 0.6 is 0 Å². The lowest BCUT2D eigenvalue weighted by Gasteiger charge is -2.57. The van der Waals surface area contributed by atoms with Crippen LogP contribution in [0.5, 0.6) is 0 Å². The van der Waals surface area contributed by atoms with Crippen molar-refractivity contribution in [3.8, 4) is 11.1 Å². The molecular formula is C37H30N4O. The predicted octanol–water partition coefficient (Wildman–Crippen LogP) is 7.94. The van der Waals surface area contributed by atoms with Crippen molar-refractivity contribution in [2.75, 3.05) is 0 Å². The summed E-state index contributed by atoms with van der Waals surface area (Å²) in [5.74, 6) is 3.41. The normalized spacial score (nSPS) is 25.0. The van der Waals surface area contributed by atoms with E-state index in [1.54, 1.807) is 9.96 Å². The SMILES string of the molecule is O=c1c2ccccc2nc2c3cc(-c4ccc(C56CC7CC(CC(C7)C5)C6)cc4)ccc3n3c4ccccc4nc3n12. The minimum Gasteiger partial charge on any atom is -0.277 e. The maximum Gasteiger partial charge on any atom is 0.268 e. The second kappa shape index (κ2) is 8.07. The molecule has 0 atom stereocenters. The highest BCUT2D eigenvalue weighted by Gasteiger charge is 2.51. The van der Waals surface area contributed by atoms with Crippen molar-refractivity contribution in [3.05, 3.63) is 107 Å². The molecule has 11 rings (SSSR count). The standard InChI is InChI=1S/C37H30N4O/c42-35-28-5-1-2-6-30(28)38-34-29-18-26(11-14-32(29)40-33-8-4-3-7-31(33)39-36(40)41(34)35)25-9-12-27(13-10-25)37-19-22-15-23(20-37)17-24(16-22)21-37/h1-14,18,22-24H,15-17,19-21H2. The Morgan fingerprint density at radius 1 is 0.619 bits per heavy atom. The number of nitrogens with zero attached hydrogens (tertiary/aromatic N) is 4. The maximum atomic E-state index is 13.9. The molecule has 4 bridgehead atoms. The summed E-state index contributed by atoms with van der Waals surface area (Å²) in [4.78, 5) is 23.9. The Hall–Kier alpha value is -4.51. The minimum absolute atomic E-state index is 0.0943. The highest BCUT2D eigenvalue weighted by atomic mass is 16.1. The average Bonchev–Trinajstić information content (AvgIpc) is 3.40. The van der Waals surface area contributed by atoms with Gasteiger partial charge in [-0.2, -0.15) is 0 Å². The zero-order valence-electron chi connectivity index (χ0n) is 23.3. The molecule has 0 spiro atoms. The molecule has 3 aromatic heterocycles. The molecule has 4 saturated carbocycles. The molecule has 42 heavy (non-hydrogen) atoms. The quantitative estimate of drug-likeness (QED) is 0.163. The van der Waals surface area contributed by atoms with Gasteiger partial charge in [-0.25, -0.2) is 14.4 Å². The second-order valence-electron chi connectivity index (χ2n) is 13.3. The van der Waals surface area contributed by atoms with E-state index >= 15 is 0 Å². The Bertz CT molecular complexity index is 2270. The van der Waals surface area contributed by atoms with Gasteiger partial charge in [0.15, 0.2) is 5.65 Å². The number of aromatic nitrogens is 4. The van der Waals surface area contributed by atoms with Crippen molar-refractivity contribution in [2.45, 2.75) is 43.9 Å². The van der Waals surface area contributed by atoms with Gasteiger partial charge in [0.2, 0.25) is 5.78 Å². The van der Waals surface area contributed by atoms with E-state index in [0.29, 0.717) is 27.7 Å². The van der Waals surface area contributed by atoms with Gasteiger partial charge in [0.1, 0.15) is 0 Å². The Kier molecular flexibility index (Phi) is 4.44. The summed E-state index contributed by atoms with van der Waals surface area (Å²) in [6.45, 7) is 0. The zero-order valence-corrected chi connectivity index (χ0v) is 23.3. The highest BCUT2D eigenvalue weighted by Crippen LogP contribution is 2.60. The van der Waals surface area contributed by atoms with Gasteiger partial charge >= 0.3 is 0 Å². The molecule has 3 heterocycles. The number of hydrogen-bond acceptors (Lipinski definition) is 3. The predicted molar refractivity (Wildman–Crippen MR) is 168 cm³/mol. The third-order valence-electron chi connectivity index (χ3n) is 10.9. The third kappa shape index (κ3) is 3.06.